The van der Waals surface area contributed by atoms with Crippen molar-refractivity contribution in [2.24, 2.45) is 5.92 Å². The molecule has 0 aromatic carbocycles. The Balaban J connectivity index is 1.43. The second-order valence-electron chi connectivity index (χ2n) is 7.13. The highest BCUT2D eigenvalue weighted by Crippen LogP contribution is 2.35. The minimum atomic E-state index is -0.363. The molecule has 0 spiro atoms. The number of H-pyrrole nitrogens is 1. The van der Waals surface area contributed by atoms with Crippen LogP contribution in [0.2, 0.25) is 0 Å². The average Bonchev–Trinajstić information content (AvgIpc) is 3.20. The number of aromatic nitrogens is 3. The van der Waals surface area contributed by atoms with Crippen LogP contribution in [-0.4, -0.2) is 21.1 Å². The lowest BCUT2D eigenvalue weighted by Crippen LogP contribution is -2.15. The Morgan fingerprint density at radius 2 is 2.33 bits per heavy atom. The fraction of sp³-hybridized carbons (Fsp3) is 0.474. The van der Waals surface area contributed by atoms with Crippen LogP contribution in [0.1, 0.15) is 47.5 Å². The van der Waals surface area contributed by atoms with Crippen LogP contribution in [0.4, 0.5) is 0 Å². The molecule has 142 valence electrons. The van der Waals surface area contributed by atoms with Crippen molar-refractivity contribution < 1.29 is 14.1 Å². The van der Waals surface area contributed by atoms with E-state index in [4.69, 9.17) is 9.26 Å². The van der Waals surface area contributed by atoms with Crippen LogP contribution in [0.25, 0.3) is 10.2 Å². The highest BCUT2D eigenvalue weighted by Gasteiger charge is 2.23. The molecule has 1 aliphatic rings. The molecule has 3 aromatic heterocycles. The van der Waals surface area contributed by atoms with Gasteiger partial charge in [-0.05, 0) is 37.7 Å². The second-order valence-corrected chi connectivity index (χ2v) is 8.22. The molecule has 1 aliphatic carbocycles. The number of fused-ring (bicyclic) bond motifs is 3. The van der Waals surface area contributed by atoms with Crippen LogP contribution >= 0.6 is 11.3 Å². The molecule has 0 unspecified atom stereocenters. The van der Waals surface area contributed by atoms with Crippen molar-refractivity contribution in [1.82, 2.24) is 15.1 Å². The van der Waals surface area contributed by atoms with E-state index in [0.29, 0.717) is 29.6 Å². The van der Waals surface area contributed by atoms with E-state index in [2.05, 4.69) is 22.0 Å². The number of carbonyl (C=O) groups excluding carboxylic acids is 1. The van der Waals surface area contributed by atoms with Crippen molar-refractivity contribution in [3.8, 4) is 0 Å². The molecule has 3 heterocycles. The van der Waals surface area contributed by atoms with Gasteiger partial charge in [-0.1, -0.05) is 12.1 Å². The number of hydrogen-bond donors (Lipinski definition) is 1. The Labute approximate surface area is 159 Å². The summed E-state index contributed by atoms with van der Waals surface area (Å²) in [6.45, 7) is 4.09. The molecule has 0 radical (unpaired) electrons. The molecular weight excluding hydrogens is 366 g/mol. The van der Waals surface area contributed by atoms with Gasteiger partial charge in [0.05, 0.1) is 11.8 Å². The Kier molecular flexibility index (Phi) is 4.82. The topological polar surface area (TPSA) is 98.1 Å². The van der Waals surface area contributed by atoms with Gasteiger partial charge in [0, 0.05) is 17.4 Å². The van der Waals surface area contributed by atoms with Crippen molar-refractivity contribution in [2.75, 3.05) is 0 Å². The first-order valence-electron chi connectivity index (χ1n) is 9.11. The number of rotatable bonds is 5. The van der Waals surface area contributed by atoms with E-state index in [9.17, 15) is 9.59 Å². The second kappa shape index (κ2) is 7.26. The fourth-order valence-electron chi connectivity index (χ4n) is 3.44. The van der Waals surface area contributed by atoms with Gasteiger partial charge in [-0.25, -0.2) is 4.98 Å². The molecule has 0 aliphatic heterocycles. The van der Waals surface area contributed by atoms with Gasteiger partial charge in [0.1, 0.15) is 28.7 Å². The lowest BCUT2D eigenvalue weighted by Gasteiger charge is -2.17. The third-order valence-electron chi connectivity index (χ3n) is 4.84. The molecule has 0 fully saturated rings. The van der Waals surface area contributed by atoms with Crippen molar-refractivity contribution in [3.63, 3.8) is 0 Å². The largest absolute Gasteiger partial charge is 0.459 e. The number of aromatic amines is 1. The quantitative estimate of drug-likeness (QED) is 0.676. The van der Waals surface area contributed by atoms with Gasteiger partial charge in [-0.15, -0.1) is 11.3 Å². The zero-order chi connectivity index (χ0) is 19.0. The number of carbonyl (C=O) groups is 1. The molecule has 0 saturated heterocycles. The molecule has 4 rings (SSSR count). The molecule has 7 nitrogen and oxygen atoms in total. The first kappa shape index (κ1) is 17.9. The van der Waals surface area contributed by atoms with Gasteiger partial charge < -0.3 is 14.2 Å². The first-order valence-corrected chi connectivity index (χ1v) is 9.92. The number of thiophene rings is 1. The normalized spacial score (nSPS) is 16.4. The maximum absolute atomic E-state index is 12.5. The van der Waals surface area contributed by atoms with Crippen molar-refractivity contribution in [1.29, 1.82) is 0 Å². The Hall–Kier alpha value is -2.48. The SMILES string of the molecule is Cc1cc(COC(=O)CCc2nc3sc4c(c3c(=O)[nH]2)CC[C@@H](C)C4)no1. The number of ether oxygens (including phenoxy) is 1. The smallest absolute Gasteiger partial charge is 0.306 e. The first-order chi connectivity index (χ1) is 13.0. The summed E-state index contributed by atoms with van der Waals surface area (Å²) in [6.07, 6.45) is 3.54. The molecule has 0 amide bonds. The fourth-order valence-corrected chi connectivity index (χ4v) is 4.85. The third-order valence-corrected chi connectivity index (χ3v) is 5.99. The Morgan fingerprint density at radius 1 is 1.48 bits per heavy atom. The van der Waals surface area contributed by atoms with Gasteiger partial charge >= 0.3 is 5.97 Å². The number of nitrogens with one attached hydrogen (secondary N) is 1. The van der Waals surface area contributed by atoms with Crippen LogP contribution in [0.5, 0.6) is 0 Å². The van der Waals surface area contributed by atoms with E-state index in [-0.39, 0.29) is 24.6 Å². The highest BCUT2D eigenvalue weighted by molar-refractivity contribution is 7.18. The molecule has 27 heavy (non-hydrogen) atoms. The van der Waals surface area contributed by atoms with Gasteiger partial charge in [-0.2, -0.15) is 0 Å². The molecule has 8 heteroatoms. The minimum Gasteiger partial charge on any atom is -0.459 e. The van der Waals surface area contributed by atoms with Crippen molar-refractivity contribution >= 4 is 27.5 Å². The van der Waals surface area contributed by atoms with Gasteiger partial charge in [-0.3, -0.25) is 9.59 Å². The number of nitrogens with zero attached hydrogens (tertiary/aromatic N) is 2. The van der Waals surface area contributed by atoms with Gasteiger partial charge in [0.25, 0.3) is 5.56 Å². The van der Waals surface area contributed by atoms with Crippen molar-refractivity contribution in [2.45, 2.75) is 52.6 Å². The summed E-state index contributed by atoms with van der Waals surface area (Å²) in [7, 11) is 0. The van der Waals surface area contributed by atoms with Crippen LogP contribution < -0.4 is 5.56 Å². The lowest BCUT2D eigenvalue weighted by atomic mass is 9.89. The molecule has 1 atom stereocenters. The van der Waals surface area contributed by atoms with Crippen LogP contribution in [-0.2, 0) is 35.4 Å². The number of hydrogen-bond acceptors (Lipinski definition) is 7. The van der Waals surface area contributed by atoms with E-state index >= 15 is 0 Å². The average molecular weight is 387 g/mol. The number of aryl methyl sites for hydroxylation is 3. The summed E-state index contributed by atoms with van der Waals surface area (Å²) in [6, 6.07) is 1.72. The van der Waals surface area contributed by atoms with E-state index < -0.39 is 0 Å². The predicted molar refractivity (Wildman–Crippen MR) is 101 cm³/mol. The van der Waals surface area contributed by atoms with Gasteiger partial charge in [0.15, 0.2) is 0 Å². The summed E-state index contributed by atoms with van der Waals surface area (Å²) in [5.74, 6) is 1.47. The summed E-state index contributed by atoms with van der Waals surface area (Å²) >= 11 is 1.61. The van der Waals surface area contributed by atoms with Crippen molar-refractivity contribution in [3.05, 3.63) is 44.1 Å². The zero-order valence-electron chi connectivity index (χ0n) is 15.3. The molecular formula is C19H21N3O4S. The minimum absolute atomic E-state index is 0.0784. The monoisotopic (exact) mass is 387 g/mol. The lowest BCUT2D eigenvalue weighted by molar-refractivity contribution is -0.145. The molecule has 0 saturated carbocycles. The Bertz CT molecular complexity index is 1050. The maximum Gasteiger partial charge on any atom is 0.306 e. The molecule has 3 aromatic rings. The standard InChI is InChI=1S/C19H21N3O4S/c1-10-3-4-13-14(7-10)27-19-17(13)18(24)20-15(21-19)5-6-16(23)25-9-12-8-11(2)26-22-12/h8,10H,3-7,9H2,1-2H3,(H,20,21,24)/t10-/m1/s1. The third kappa shape index (κ3) is 3.80. The summed E-state index contributed by atoms with van der Waals surface area (Å²) in [4.78, 5) is 34.0. The number of esters is 1. The van der Waals surface area contributed by atoms with Crippen LogP contribution in [0, 0.1) is 12.8 Å². The van der Waals surface area contributed by atoms with E-state index in [1.54, 1.807) is 24.3 Å². The zero-order valence-corrected chi connectivity index (χ0v) is 16.1. The van der Waals surface area contributed by atoms with Crippen LogP contribution in [0.15, 0.2) is 15.4 Å². The predicted octanol–water partition coefficient (Wildman–Crippen LogP) is 3.08. The van der Waals surface area contributed by atoms with E-state index in [1.807, 2.05) is 0 Å². The molecule has 1 N–H and O–H groups in total. The van der Waals surface area contributed by atoms with Gasteiger partial charge in [0.2, 0.25) is 0 Å². The highest BCUT2D eigenvalue weighted by atomic mass is 32.1. The molecule has 0 bridgehead atoms. The van der Waals surface area contributed by atoms with Crippen LogP contribution in [0.3, 0.4) is 0 Å². The maximum atomic E-state index is 12.5. The Morgan fingerprint density at radius 3 is 3.11 bits per heavy atom. The summed E-state index contributed by atoms with van der Waals surface area (Å²) < 4.78 is 10.1. The summed E-state index contributed by atoms with van der Waals surface area (Å²) in [5.41, 5.74) is 1.64. The van der Waals surface area contributed by atoms with E-state index in [0.717, 1.165) is 35.0 Å². The summed E-state index contributed by atoms with van der Waals surface area (Å²) in [5, 5.41) is 4.51. The van der Waals surface area contributed by atoms with E-state index in [1.165, 1.54) is 4.88 Å².